The Balaban J connectivity index is 1.77. The summed E-state index contributed by atoms with van der Waals surface area (Å²) in [6.45, 7) is 4.44. The number of nitrogens with zero attached hydrogens (tertiary/aromatic N) is 1. The van der Waals surface area contributed by atoms with Crippen molar-refractivity contribution in [2.45, 2.75) is 32.9 Å². The number of rotatable bonds is 4. The van der Waals surface area contributed by atoms with E-state index >= 15 is 0 Å². The summed E-state index contributed by atoms with van der Waals surface area (Å²) in [5, 5.41) is 3.38. The molecule has 0 aromatic heterocycles. The number of carbonyl (C=O) groups is 2. The third kappa shape index (κ3) is 3.89. The summed E-state index contributed by atoms with van der Waals surface area (Å²) in [5.74, 6) is -0.638. The molecule has 1 aliphatic rings. The number of fused-ring (bicyclic) bond motifs is 1. The SMILES string of the molecule is Cc1cc(C)c(NC(=O)CN2Cc3ccccc3C[C@H]2C(N)=O)c(Cl)c1. The highest BCUT2D eigenvalue weighted by atomic mass is 35.5. The maximum atomic E-state index is 12.6. The van der Waals surface area contributed by atoms with Crippen LogP contribution >= 0.6 is 11.6 Å². The number of hydrogen-bond acceptors (Lipinski definition) is 3. The van der Waals surface area contributed by atoms with E-state index in [1.54, 1.807) is 0 Å². The first-order valence-corrected chi connectivity index (χ1v) is 8.89. The molecule has 2 amide bonds. The Labute approximate surface area is 158 Å². The van der Waals surface area contributed by atoms with Crippen LogP contribution in [0.4, 0.5) is 5.69 Å². The van der Waals surface area contributed by atoms with E-state index in [0.717, 1.165) is 22.3 Å². The van der Waals surface area contributed by atoms with Gasteiger partial charge in [-0.3, -0.25) is 14.5 Å². The van der Waals surface area contributed by atoms with Crippen molar-refractivity contribution in [2.75, 3.05) is 11.9 Å². The minimum Gasteiger partial charge on any atom is -0.368 e. The van der Waals surface area contributed by atoms with Gasteiger partial charge in [-0.2, -0.15) is 0 Å². The molecule has 0 fully saturated rings. The van der Waals surface area contributed by atoms with Gasteiger partial charge in [0, 0.05) is 6.54 Å². The van der Waals surface area contributed by atoms with Crippen molar-refractivity contribution in [2.24, 2.45) is 5.73 Å². The lowest BCUT2D eigenvalue weighted by Gasteiger charge is -2.34. The summed E-state index contributed by atoms with van der Waals surface area (Å²) >= 11 is 6.27. The Morgan fingerprint density at radius 1 is 1.23 bits per heavy atom. The van der Waals surface area contributed by atoms with Crippen molar-refractivity contribution in [1.29, 1.82) is 0 Å². The monoisotopic (exact) mass is 371 g/mol. The fraction of sp³-hybridized carbons (Fsp3) is 0.300. The number of benzene rings is 2. The van der Waals surface area contributed by atoms with E-state index in [0.29, 0.717) is 23.7 Å². The molecule has 1 aliphatic heterocycles. The Morgan fingerprint density at radius 3 is 2.58 bits per heavy atom. The van der Waals surface area contributed by atoms with E-state index in [2.05, 4.69) is 5.32 Å². The van der Waals surface area contributed by atoms with Crippen LogP contribution in [0, 0.1) is 13.8 Å². The Morgan fingerprint density at radius 2 is 1.92 bits per heavy atom. The van der Waals surface area contributed by atoms with E-state index in [1.165, 1.54) is 0 Å². The van der Waals surface area contributed by atoms with Gasteiger partial charge in [-0.25, -0.2) is 0 Å². The molecule has 1 atom stereocenters. The zero-order chi connectivity index (χ0) is 18.8. The predicted octanol–water partition coefficient (Wildman–Crippen LogP) is 2.81. The van der Waals surface area contributed by atoms with Crippen molar-refractivity contribution in [3.63, 3.8) is 0 Å². The van der Waals surface area contributed by atoms with Crippen LogP contribution in [0.2, 0.25) is 5.02 Å². The fourth-order valence-corrected chi connectivity index (χ4v) is 3.83. The summed E-state index contributed by atoms with van der Waals surface area (Å²) in [4.78, 5) is 26.3. The van der Waals surface area contributed by atoms with Gasteiger partial charge >= 0.3 is 0 Å². The maximum Gasteiger partial charge on any atom is 0.238 e. The molecule has 3 N–H and O–H groups in total. The average molecular weight is 372 g/mol. The van der Waals surface area contributed by atoms with Crippen molar-refractivity contribution in [1.82, 2.24) is 4.90 Å². The lowest BCUT2D eigenvalue weighted by molar-refractivity contribution is -0.125. The summed E-state index contributed by atoms with van der Waals surface area (Å²) in [6, 6.07) is 11.2. The van der Waals surface area contributed by atoms with Crippen LogP contribution in [0.25, 0.3) is 0 Å². The molecule has 0 bridgehead atoms. The van der Waals surface area contributed by atoms with Crippen LogP contribution in [0.15, 0.2) is 36.4 Å². The predicted molar refractivity (Wildman–Crippen MR) is 103 cm³/mol. The molecule has 0 saturated heterocycles. The molecule has 26 heavy (non-hydrogen) atoms. The van der Waals surface area contributed by atoms with Crippen LogP contribution < -0.4 is 11.1 Å². The van der Waals surface area contributed by atoms with E-state index in [1.807, 2.05) is 55.1 Å². The molecule has 0 saturated carbocycles. The minimum atomic E-state index is -0.495. The zero-order valence-electron chi connectivity index (χ0n) is 14.9. The minimum absolute atomic E-state index is 0.0750. The molecular formula is C20H22ClN3O2. The first-order chi connectivity index (χ1) is 12.3. The molecule has 5 nitrogen and oxygen atoms in total. The van der Waals surface area contributed by atoms with Crippen LogP contribution in [0.1, 0.15) is 22.3 Å². The molecule has 0 spiro atoms. The van der Waals surface area contributed by atoms with Gasteiger partial charge in [0.05, 0.1) is 23.3 Å². The van der Waals surface area contributed by atoms with Crippen LogP contribution in [-0.2, 0) is 22.6 Å². The van der Waals surface area contributed by atoms with Crippen LogP contribution in [0.5, 0.6) is 0 Å². The van der Waals surface area contributed by atoms with Gasteiger partial charge in [-0.15, -0.1) is 0 Å². The number of halogens is 1. The van der Waals surface area contributed by atoms with Crippen molar-refractivity contribution >= 4 is 29.1 Å². The van der Waals surface area contributed by atoms with E-state index in [-0.39, 0.29) is 12.5 Å². The third-order valence-corrected chi connectivity index (χ3v) is 5.02. The summed E-state index contributed by atoms with van der Waals surface area (Å²) in [5.41, 5.74) is 10.3. The Hall–Kier alpha value is -2.37. The van der Waals surface area contributed by atoms with E-state index in [9.17, 15) is 9.59 Å². The highest BCUT2D eigenvalue weighted by molar-refractivity contribution is 6.34. The average Bonchev–Trinajstić information content (AvgIpc) is 2.57. The number of nitrogens with one attached hydrogen (secondary N) is 1. The lowest BCUT2D eigenvalue weighted by Crippen LogP contribution is -2.50. The molecule has 0 unspecified atom stereocenters. The van der Waals surface area contributed by atoms with E-state index < -0.39 is 11.9 Å². The summed E-state index contributed by atoms with van der Waals surface area (Å²) < 4.78 is 0. The second kappa shape index (κ2) is 7.48. The number of amides is 2. The first kappa shape index (κ1) is 18.4. The molecule has 2 aromatic carbocycles. The fourth-order valence-electron chi connectivity index (χ4n) is 3.46. The standard InChI is InChI=1S/C20H22ClN3O2/c1-12-7-13(2)19(16(21)8-12)23-18(25)11-24-10-15-6-4-3-5-14(15)9-17(24)20(22)26/h3-8,17H,9-11H2,1-2H3,(H2,22,26)(H,23,25)/t17-/m0/s1. The van der Waals surface area contributed by atoms with E-state index in [4.69, 9.17) is 17.3 Å². The molecule has 1 heterocycles. The van der Waals surface area contributed by atoms with Crippen molar-refractivity contribution < 1.29 is 9.59 Å². The number of primary amides is 1. The summed E-state index contributed by atoms with van der Waals surface area (Å²) in [6.07, 6.45) is 0.517. The van der Waals surface area contributed by atoms with Gasteiger partial charge in [0.15, 0.2) is 0 Å². The molecule has 3 rings (SSSR count). The van der Waals surface area contributed by atoms with Crippen LogP contribution in [-0.4, -0.2) is 29.3 Å². The van der Waals surface area contributed by atoms with Crippen molar-refractivity contribution in [3.8, 4) is 0 Å². The summed E-state index contributed by atoms with van der Waals surface area (Å²) in [7, 11) is 0. The van der Waals surface area contributed by atoms with Gasteiger partial charge in [0.2, 0.25) is 11.8 Å². The number of anilines is 1. The zero-order valence-corrected chi connectivity index (χ0v) is 15.6. The highest BCUT2D eigenvalue weighted by Gasteiger charge is 2.31. The largest absolute Gasteiger partial charge is 0.368 e. The molecular weight excluding hydrogens is 350 g/mol. The quantitative estimate of drug-likeness (QED) is 0.867. The second-order valence-electron chi connectivity index (χ2n) is 6.78. The number of nitrogens with two attached hydrogens (primary N) is 1. The van der Waals surface area contributed by atoms with Crippen LogP contribution in [0.3, 0.4) is 0 Å². The topological polar surface area (TPSA) is 75.4 Å². The Kier molecular flexibility index (Phi) is 5.30. The molecule has 0 radical (unpaired) electrons. The smallest absolute Gasteiger partial charge is 0.238 e. The number of hydrogen-bond donors (Lipinski definition) is 2. The molecule has 6 heteroatoms. The highest BCUT2D eigenvalue weighted by Crippen LogP contribution is 2.28. The lowest BCUT2D eigenvalue weighted by atomic mass is 9.93. The van der Waals surface area contributed by atoms with Gasteiger partial charge in [-0.05, 0) is 48.6 Å². The van der Waals surface area contributed by atoms with Gasteiger partial charge in [0.1, 0.15) is 0 Å². The van der Waals surface area contributed by atoms with Gasteiger partial charge in [-0.1, -0.05) is 41.9 Å². The third-order valence-electron chi connectivity index (χ3n) is 4.72. The molecule has 136 valence electrons. The van der Waals surface area contributed by atoms with Crippen molar-refractivity contribution in [3.05, 3.63) is 63.7 Å². The number of aryl methyl sites for hydroxylation is 2. The van der Waals surface area contributed by atoms with Gasteiger partial charge < -0.3 is 11.1 Å². The normalized spacial score (nSPS) is 16.8. The Bertz CT molecular complexity index is 843. The second-order valence-corrected chi connectivity index (χ2v) is 7.19. The molecule has 0 aliphatic carbocycles. The number of carbonyl (C=O) groups excluding carboxylic acids is 2. The maximum absolute atomic E-state index is 12.6. The van der Waals surface area contributed by atoms with Gasteiger partial charge in [0.25, 0.3) is 0 Å². The molecule has 2 aromatic rings. The first-order valence-electron chi connectivity index (χ1n) is 8.52.